The van der Waals surface area contributed by atoms with Crippen molar-refractivity contribution in [2.75, 3.05) is 0 Å². The van der Waals surface area contributed by atoms with Gasteiger partial charge in [-0.25, -0.2) is 0 Å². The van der Waals surface area contributed by atoms with E-state index in [0.29, 0.717) is 17.8 Å². The topological polar surface area (TPSA) is 32.3 Å². The van der Waals surface area contributed by atoms with Gasteiger partial charge in [-0.2, -0.15) is 4.52 Å². The van der Waals surface area contributed by atoms with E-state index in [4.69, 9.17) is 4.52 Å². The molecule has 1 unspecified atom stereocenters. The molecule has 0 bridgehead atoms. The van der Waals surface area contributed by atoms with Crippen LogP contribution < -0.4 is 4.89 Å². The summed E-state index contributed by atoms with van der Waals surface area (Å²) in [6, 6.07) is 10.3. The lowest BCUT2D eigenvalue weighted by Gasteiger charge is -2.34. The van der Waals surface area contributed by atoms with E-state index in [1.54, 1.807) is 0 Å². The third-order valence-corrected chi connectivity index (χ3v) is 5.79. The molecule has 4 atom stereocenters. The second kappa shape index (κ2) is 8.82. The summed E-state index contributed by atoms with van der Waals surface area (Å²) in [6.45, 7) is 6.78. The molecule has 2 rings (SSSR count). The van der Waals surface area contributed by atoms with Gasteiger partial charge in [-0.1, -0.05) is 57.5 Å². The van der Waals surface area contributed by atoms with Crippen molar-refractivity contribution in [3.8, 4) is 0 Å². The summed E-state index contributed by atoms with van der Waals surface area (Å²) >= 11 is 0. The molecule has 0 aromatic heterocycles. The molecule has 1 aromatic carbocycles. The second-order valence-electron chi connectivity index (χ2n) is 6.96. The molecular weight excluding hydrogens is 291 g/mol. The lowest BCUT2D eigenvalue weighted by Crippen LogP contribution is -2.33. The van der Waals surface area contributed by atoms with Crippen molar-refractivity contribution in [3.05, 3.63) is 35.9 Å². The fourth-order valence-electron chi connectivity index (χ4n) is 3.39. The first-order valence-electron chi connectivity index (χ1n) is 8.56. The van der Waals surface area contributed by atoms with Gasteiger partial charge in [0.2, 0.25) is 8.00 Å². The number of hydrogen-bond donors (Lipinski definition) is 0. The highest BCUT2D eigenvalue weighted by molar-refractivity contribution is 7.44. The first-order valence-corrected chi connectivity index (χ1v) is 9.81. The van der Waals surface area contributed by atoms with Gasteiger partial charge in [-0.05, 0) is 42.6 Å². The largest absolute Gasteiger partial charge is 0.603 e. The summed E-state index contributed by atoms with van der Waals surface area (Å²) in [4.78, 5) is 12.2. The number of aryl methyl sites for hydroxylation is 1. The van der Waals surface area contributed by atoms with E-state index in [9.17, 15) is 4.89 Å². The van der Waals surface area contributed by atoms with Crippen molar-refractivity contribution in [2.45, 2.75) is 59.0 Å². The van der Waals surface area contributed by atoms with Crippen molar-refractivity contribution in [2.24, 2.45) is 17.8 Å². The first-order chi connectivity index (χ1) is 10.6. The van der Waals surface area contributed by atoms with E-state index in [2.05, 4.69) is 32.9 Å². The van der Waals surface area contributed by atoms with Crippen molar-refractivity contribution >= 4 is 13.8 Å². The summed E-state index contributed by atoms with van der Waals surface area (Å²) in [5.41, 5.74) is 1.29. The average Bonchev–Trinajstić information content (AvgIpc) is 2.48. The number of rotatable bonds is 6. The van der Waals surface area contributed by atoms with Gasteiger partial charge in [-0.15, -0.1) is 0 Å². The minimum atomic E-state index is -1.65. The van der Waals surface area contributed by atoms with Crippen LogP contribution in [0.15, 0.2) is 30.3 Å². The maximum Gasteiger partial charge on any atom is 0.217 e. The maximum absolute atomic E-state index is 12.2. The molecule has 2 nitrogen and oxygen atoms in total. The monoisotopic (exact) mass is 320 g/mol. The molecule has 0 saturated heterocycles. The minimum Gasteiger partial charge on any atom is -0.603 e. The van der Waals surface area contributed by atoms with Crippen LogP contribution >= 0.6 is 8.00 Å². The van der Waals surface area contributed by atoms with Crippen LogP contribution in [0.25, 0.3) is 0 Å². The van der Waals surface area contributed by atoms with Crippen molar-refractivity contribution in [1.82, 2.24) is 0 Å². The van der Waals surface area contributed by atoms with E-state index >= 15 is 0 Å². The normalized spacial score (nSPS) is 26.4. The molecule has 1 aliphatic rings. The zero-order valence-electron chi connectivity index (χ0n) is 14.1. The lowest BCUT2D eigenvalue weighted by atomic mass is 9.75. The van der Waals surface area contributed by atoms with Crippen LogP contribution in [0.5, 0.6) is 0 Å². The van der Waals surface area contributed by atoms with Gasteiger partial charge in [0, 0.05) is 6.42 Å². The Labute approximate surface area is 136 Å². The Kier molecular flexibility index (Phi) is 7.08. The molecule has 0 radical (unpaired) electrons. The lowest BCUT2D eigenvalue weighted by molar-refractivity contribution is -0.179. The summed E-state index contributed by atoms with van der Waals surface area (Å²) in [7, 11) is -1.65. The molecule has 0 aliphatic heterocycles. The smallest absolute Gasteiger partial charge is 0.217 e. The minimum absolute atomic E-state index is 0.167. The van der Waals surface area contributed by atoms with Crippen LogP contribution in [-0.2, 0) is 10.9 Å². The molecule has 0 spiro atoms. The van der Waals surface area contributed by atoms with Gasteiger partial charge in [0.25, 0.3) is 0 Å². The summed E-state index contributed by atoms with van der Waals surface area (Å²) < 4.78 is 5.93. The fourth-order valence-corrected chi connectivity index (χ4v) is 4.33. The summed E-state index contributed by atoms with van der Waals surface area (Å²) in [6.07, 6.45) is 5.44. The van der Waals surface area contributed by atoms with Crippen molar-refractivity contribution in [3.63, 3.8) is 0 Å². The molecule has 0 N–H and O–H groups in total. The van der Waals surface area contributed by atoms with E-state index < -0.39 is 8.00 Å². The Morgan fingerprint density at radius 2 is 2.00 bits per heavy atom. The van der Waals surface area contributed by atoms with Crippen LogP contribution in [0.2, 0.25) is 0 Å². The fraction of sp³-hybridized carbons (Fsp3) is 0.632. The highest BCUT2D eigenvalue weighted by atomic mass is 31.1. The Balaban J connectivity index is 1.85. The maximum atomic E-state index is 12.2. The van der Waals surface area contributed by atoms with Gasteiger partial charge >= 0.3 is 0 Å². The zero-order chi connectivity index (χ0) is 15.9. The molecule has 1 aromatic rings. The number of hydrogen-bond acceptors (Lipinski definition) is 2. The van der Waals surface area contributed by atoms with Crippen molar-refractivity contribution < 1.29 is 9.42 Å². The Hall–Kier alpha value is -0.690. The Morgan fingerprint density at radius 1 is 1.27 bits per heavy atom. The van der Waals surface area contributed by atoms with Gasteiger partial charge in [-0.3, -0.25) is 0 Å². The quantitative estimate of drug-likeness (QED) is 0.719. The van der Waals surface area contributed by atoms with Crippen LogP contribution in [0, 0.1) is 17.8 Å². The van der Waals surface area contributed by atoms with Gasteiger partial charge in [0.15, 0.2) is 0 Å². The molecular formula is C19H29O2P. The highest BCUT2D eigenvalue weighted by Crippen LogP contribution is 2.38. The Morgan fingerprint density at radius 3 is 2.68 bits per heavy atom. The van der Waals surface area contributed by atoms with Gasteiger partial charge in [0.1, 0.15) is 11.9 Å². The molecule has 1 fully saturated rings. The molecule has 1 saturated carbocycles. The van der Waals surface area contributed by atoms with Crippen LogP contribution in [0.1, 0.15) is 52.0 Å². The average molecular weight is 320 g/mol. The van der Waals surface area contributed by atoms with Crippen LogP contribution in [0.4, 0.5) is 0 Å². The SMILES string of the molecule is CC(C)[C@@H]1CC[C@@H](C)C[C@H]1O[P+]([O-])=CCCc1ccccc1. The van der Waals surface area contributed by atoms with Gasteiger partial charge < -0.3 is 4.89 Å². The molecule has 3 heteroatoms. The summed E-state index contributed by atoms with van der Waals surface area (Å²) in [5.74, 6) is 3.70. The molecule has 1 aliphatic carbocycles. The predicted octanol–water partition coefficient (Wildman–Crippen LogP) is 4.57. The van der Waals surface area contributed by atoms with Crippen molar-refractivity contribution in [1.29, 1.82) is 0 Å². The van der Waals surface area contributed by atoms with E-state index in [1.807, 2.05) is 24.0 Å². The Bertz CT molecular complexity index is 470. The van der Waals surface area contributed by atoms with E-state index in [0.717, 1.165) is 19.3 Å². The van der Waals surface area contributed by atoms with Crippen LogP contribution in [-0.4, -0.2) is 11.9 Å². The zero-order valence-corrected chi connectivity index (χ0v) is 15.0. The second-order valence-corrected chi connectivity index (χ2v) is 8.11. The van der Waals surface area contributed by atoms with Gasteiger partial charge in [0.05, 0.1) is 0 Å². The number of benzene rings is 1. The molecule has 0 amide bonds. The van der Waals surface area contributed by atoms with E-state index in [1.165, 1.54) is 18.4 Å². The molecule has 22 heavy (non-hydrogen) atoms. The highest BCUT2D eigenvalue weighted by Gasteiger charge is 2.34. The first kappa shape index (κ1) is 17.7. The van der Waals surface area contributed by atoms with E-state index in [-0.39, 0.29) is 6.10 Å². The third kappa shape index (κ3) is 5.50. The van der Waals surface area contributed by atoms with Crippen LogP contribution in [0.3, 0.4) is 0 Å². The standard InChI is InChI=1S/C19H29O2P/c1-15(2)18-12-11-16(3)14-19(18)21-22(20)13-7-10-17-8-5-4-6-9-17/h4-6,8-9,13,15-16,18-19H,7,10-12,14H2,1-3H3/t16-,18+,19-/m1/s1. The molecule has 0 heterocycles. The summed E-state index contributed by atoms with van der Waals surface area (Å²) in [5, 5.41) is 0. The predicted molar refractivity (Wildman–Crippen MR) is 94.0 cm³/mol. The third-order valence-electron chi connectivity index (χ3n) is 4.75. The molecule has 122 valence electrons.